The van der Waals surface area contributed by atoms with E-state index in [1.54, 1.807) is 0 Å². The van der Waals surface area contributed by atoms with E-state index in [1.165, 1.54) is 43.6 Å². The second-order valence-electron chi connectivity index (χ2n) is 6.16. The van der Waals surface area contributed by atoms with Gasteiger partial charge in [-0.2, -0.15) is 4.98 Å². The lowest BCUT2D eigenvalue weighted by Crippen LogP contribution is -2.32. The fourth-order valence-electron chi connectivity index (χ4n) is 2.84. The summed E-state index contributed by atoms with van der Waals surface area (Å²) < 4.78 is 11.1. The highest BCUT2D eigenvalue weighted by Crippen LogP contribution is 2.27. The van der Waals surface area contributed by atoms with Crippen molar-refractivity contribution in [1.82, 2.24) is 9.55 Å². The molecule has 10 heteroatoms. The van der Waals surface area contributed by atoms with Crippen LogP contribution >= 0.6 is 0 Å². The molecule has 3 N–H and O–H groups in total. The first kappa shape index (κ1) is 19.7. The number of hydrogen-bond acceptors (Lipinski definition) is 8. The molecule has 1 aliphatic rings. The molecule has 1 saturated heterocycles. The molecule has 1 aliphatic heterocycles. The van der Waals surface area contributed by atoms with Gasteiger partial charge in [0.15, 0.2) is 6.23 Å². The van der Waals surface area contributed by atoms with Gasteiger partial charge in [-0.3, -0.25) is 9.36 Å². The first-order valence-electron chi connectivity index (χ1n) is 8.46. The third kappa shape index (κ3) is 4.09. The summed E-state index contributed by atoms with van der Waals surface area (Å²) in [7, 11) is 1.26. The van der Waals surface area contributed by atoms with E-state index in [2.05, 4.69) is 15.0 Å². The highest BCUT2D eigenvalue weighted by molar-refractivity contribution is 6.04. The fraction of sp³-hybridized carbons (Fsp3) is 0.333. The summed E-state index contributed by atoms with van der Waals surface area (Å²) in [4.78, 5) is 39.7. The topological polar surface area (TPSA) is 140 Å². The van der Waals surface area contributed by atoms with Gasteiger partial charge in [-0.15, -0.1) is 0 Å². The third-order valence-electron chi connectivity index (χ3n) is 4.28. The Morgan fingerprint density at radius 1 is 1.29 bits per heavy atom. The number of aliphatic hydroxyl groups excluding tert-OH is 2. The van der Waals surface area contributed by atoms with E-state index in [9.17, 15) is 19.5 Å². The van der Waals surface area contributed by atoms with Gasteiger partial charge in [0.05, 0.1) is 25.4 Å². The van der Waals surface area contributed by atoms with Gasteiger partial charge in [0.25, 0.3) is 5.91 Å². The Kier molecular flexibility index (Phi) is 5.83. The molecule has 1 aromatic heterocycles. The van der Waals surface area contributed by atoms with Crippen LogP contribution in [-0.4, -0.2) is 57.6 Å². The lowest BCUT2D eigenvalue weighted by atomic mass is 10.1. The van der Waals surface area contributed by atoms with Crippen molar-refractivity contribution in [3.63, 3.8) is 0 Å². The van der Waals surface area contributed by atoms with Gasteiger partial charge in [-0.05, 0) is 30.3 Å². The maximum Gasteiger partial charge on any atom is 0.351 e. The summed E-state index contributed by atoms with van der Waals surface area (Å²) in [5.41, 5.74) is -0.156. The number of aromatic nitrogens is 2. The number of rotatable bonds is 5. The molecule has 0 saturated carbocycles. The quantitative estimate of drug-likeness (QED) is 0.604. The maximum atomic E-state index is 12.3. The second-order valence-corrected chi connectivity index (χ2v) is 6.16. The van der Waals surface area contributed by atoms with E-state index in [0.29, 0.717) is 5.56 Å². The molecule has 1 fully saturated rings. The molecule has 0 aliphatic carbocycles. The molecule has 148 valence electrons. The van der Waals surface area contributed by atoms with Crippen LogP contribution in [-0.2, 0) is 9.47 Å². The standard InChI is InChI=1S/C18H19N3O7/c1-27-17(25)11-4-2-10(3-5-11)15(24)19-14-6-7-21(18(26)20-14)16-13(23)8-12(9-22)28-16/h2-7,12-13,16,22-23H,8-9H2,1H3,(H,19,20,24,26). The number of methoxy groups -OCH3 is 1. The Bertz CT molecular complexity index is 926. The first-order chi connectivity index (χ1) is 13.4. The van der Waals surface area contributed by atoms with Gasteiger partial charge < -0.3 is 25.0 Å². The molecule has 2 heterocycles. The molecular weight excluding hydrogens is 370 g/mol. The lowest BCUT2D eigenvalue weighted by molar-refractivity contribution is -0.0529. The zero-order valence-electron chi connectivity index (χ0n) is 14.9. The summed E-state index contributed by atoms with van der Waals surface area (Å²) in [5.74, 6) is -1.01. The largest absolute Gasteiger partial charge is 0.465 e. The highest BCUT2D eigenvalue weighted by atomic mass is 16.5. The molecule has 1 aromatic carbocycles. The Hall–Kier alpha value is -3.08. The van der Waals surface area contributed by atoms with Crippen LogP contribution in [0.3, 0.4) is 0 Å². The first-order valence-corrected chi connectivity index (χ1v) is 8.46. The number of nitrogens with one attached hydrogen (secondary N) is 1. The van der Waals surface area contributed by atoms with E-state index in [-0.39, 0.29) is 24.4 Å². The van der Waals surface area contributed by atoms with Gasteiger partial charge in [-0.25, -0.2) is 9.59 Å². The number of anilines is 1. The van der Waals surface area contributed by atoms with Crippen LogP contribution in [0.25, 0.3) is 0 Å². The van der Waals surface area contributed by atoms with Gasteiger partial charge in [0.2, 0.25) is 0 Å². The van der Waals surface area contributed by atoms with Crippen LogP contribution in [0.5, 0.6) is 0 Å². The van der Waals surface area contributed by atoms with Crippen molar-refractivity contribution in [2.75, 3.05) is 19.0 Å². The number of nitrogens with zero attached hydrogens (tertiary/aromatic N) is 2. The second kappa shape index (κ2) is 8.30. The minimum absolute atomic E-state index is 0.0227. The Balaban J connectivity index is 1.71. The van der Waals surface area contributed by atoms with Crippen LogP contribution in [0.15, 0.2) is 41.3 Å². The number of aliphatic hydroxyl groups is 2. The summed E-state index contributed by atoms with van der Waals surface area (Å²) in [6, 6.07) is 7.18. The minimum atomic E-state index is -0.953. The van der Waals surface area contributed by atoms with Crippen molar-refractivity contribution in [3.05, 3.63) is 58.1 Å². The predicted octanol–water partition coefficient (Wildman–Crippen LogP) is -0.0771. The lowest BCUT2D eigenvalue weighted by Gasteiger charge is -2.17. The number of esters is 1. The number of carbonyl (C=O) groups is 2. The van der Waals surface area contributed by atoms with Crippen molar-refractivity contribution in [2.45, 2.75) is 24.9 Å². The van der Waals surface area contributed by atoms with Crippen molar-refractivity contribution in [1.29, 1.82) is 0 Å². The van der Waals surface area contributed by atoms with Crippen molar-refractivity contribution >= 4 is 17.7 Å². The molecular formula is C18H19N3O7. The van der Waals surface area contributed by atoms with E-state index >= 15 is 0 Å². The zero-order chi connectivity index (χ0) is 20.3. The average molecular weight is 389 g/mol. The van der Waals surface area contributed by atoms with Crippen LogP contribution in [0.1, 0.15) is 33.4 Å². The number of ether oxygens (including phenoxy) is 2. The summed E-state index contributed by atoms with van der Waals surface area (Å²) >= 11 is 0. The van der Waals surface area contributed by atoms with Gasteiger partial charge in [0, 0.05) is 18.2 Å². The molecule has 0 spiro atoms. The van der Waals surface area contributed by atoms with E-state index in [4.69, 9.17) is 9.84 Å². The van der Waals surface area contributed by atoms with Gasteiger partial charge in [-0.1, -0.05) is 0 Å². The normalized spacial score (nSPS) is 21.3. The van der Waals surface area contributed by atoms with Crippen molar-refractivity contribution < 1.29 is 29.3 Å². The SMILES string of the molecule is COC(=O)c1ccc(C(=O)Nc2ccn(C3OC(CO)CC3O)c(=O)n2)cc1. The average Bonchev–Trinajstić information content (AvgIpc) is 3.08. The summed E-state index contributed by atoms with van der Waals surface area (Å²) in [5, 5.41) is 21.6. The predicted molar refractivity (Wildman–Crippen MR) is 95.9 cm³/mol. The van der Waals surface area contributed by atoms with Crippen molar-refractivity contribution in [3.8, 4) is 0 Å². The van der Waals surface area contributed by atoms with Crippen LogP contribution < -0.4 is 11.0 Å². The zero-order valence-corrected chi connectivity index (χ0v) is 14.9. The molecule has 10 nitrogen and oxygen atoms in total. The molecule has 0 bridgehead atoms. The molecule has 3 atom stereocenters. The van der Waals surface area contributed by atoms with Gasteiger partial charge >= 0.3 is 11.7 Å². The summed E-state index contributed by atoms with van der Waals surface area (Å²) in [6.45, 7) is -0.265. The van der Waals surface area contributed by atoms with E-state index in [1.807, 2.05) is 0 Å². The Labute approximate surface area is 159 Å². The number of benzene rings is 1. The monoisotopic (exact) mass is 389 g/mol. The fourth-order valence-corrected chi connectivity index (χ4v) is 2.84. The highest BCUT2D eigenvalue weighted by Gasteiger charge is 2.35. The smallest absolute Gasteiger partial charge is 0.351 e. The van der Waals surface area contributed by atoms with Crippen LogP contribution in [0.2, 0.25) is 0 Å². The molecule has 1 amide bonds. The molecule has 0 radical (unpaired) electrons. The van der Waals surface area contributed by atoms with E-state index in [0.717, 1.165) is 4.57 Å². The third-order valence-corrected chi connectivity index (χ3v) is 4.28. The molecule has 28 heavy (non-hydrogen) atoms. The molecule has 3 rings (SSSR count). The Morgan fingerprint density at radius 2 is 1.96 bits per heavy atom. The number of hydrogen-bond donors (Lipinski definition) is 3. The van der Waals surface area contributed by atoms with E-state index < -0.39 is 36.0 Å². The van der Waals surface area contributed by atoms with Crippen LogP contribution in [0, 0.1) is 0 Å². The van der Waals surface area contributed by atoms with Crippen LogP contribution in [0.4, 0.5) is 5.82 Å². The maximum absolute atomic E-state index is 12.3. The van der Waals surface area contributed by atoms with Gasteiger partial charge in [0.1, 0.15) is 11.9 Å². The molecule has 3 unspecified atom stereocenters. The van der Waals surface area contributed by atoms with Crippen molar-refractivity contribution in [2.24, 2.45) is 0 Å². The number of carbonyl (C=O) groups excluding carboxylic acids is 2. The summed E-state index contributed by atoms with van der Waals surface area (Å²) in [6.07, 6.45) is -0.912. The molecule has 2 aromatic rings. The number of amides is 1. The minimum Gasteiger partial charge on any atom is -0.465 e. The Morgan fingerprint density at radius 3 is 2.54 bits per heavy atom.